The third-order valence-corrected chi connectivity index (χ3v) is 4.42. The number of carbonyl (C=O) groups is 1. The molecule has 0 atom stereocenters. The van der Waals surface area contributed by atoms with Crippen LogP contribution in [0.2, 0.25) is 5.02 Å². The lowest BCUT2D eigenvalue weighted by Crippen LogP contribution is -2.32. The molecule has 0 bridgehead atoms. The van der Waals surface area contributed by atoms with Gasteiger partial charge in [-0.1, -0.05) is 17.7 Å². The summed E-state index contributed by atoms with van der Waals surface area (Å²) in [6, 6.07) is 4.28. The highest BCUT2D eigenvalue weighted by Gasteiger charge is 2.23. The first-order valence-corrected chi connectivity index (χ1v) is 6.51. The molecule has 94 valence electrons. The van der Waals surface area contributed by atoms with E-state index in [9.17, 15) is 13.2 Å². The maximum Gasteiger partial charge on any atom is 0.318 e. The largest absolute Gasteiger partial charge is 0.480 e. The molecule has 0 saturated carbocycles. The fraction of sp³-hybridized carbons (Fsp3) is 0.300. The second kappa shape index (κ2) is 5.03. The number of hydrogen-bond donors (Lipinski definition) is 1. The van der Waals surface area contributed by atoms with Gasteiger partial charge in [0.05, 0.1) is 4.90 Å². The second-order valence-electron chi connectivity index (χ2n) is 3.57. The highest BCUT2D eigenvalue weighted by molar-refractivity contribution is 7.89. The minimum absolute atomic E-state index is 0.0168. The zero-order valence-electron chi connectivity index (χ0n) is 9.34. The van der Waals surface area contributed by atoms with E-state index in [1.54, 1.807) is 13.0 Å². The molecule has 0 aliphatic carbocycles. The molecule has 0 spiro atoms. The number of aryl methyl sites for hydroxylation is 1. The number of sulfonamides is 1. The van der Waals surface area contributed by atoms with Crippen LogP contribution in [0.3, 0.4) is 0 Å². The third-order valence-electron chi connectivity index (χ3n) is 2.21. The number of aliphatic carboxylic acids is 1. The van der Waals surface area contributed by atoms with E-state index in [-0.39, 0.29) is 4.90 Å². The van der Waals surface area contributed by atoms with Crippen LogP contribution < -0.4 is 0 Å². The Morgan fingerprint density at radius 2 is 2.06 bits per heavy atom. The maximum absolute atomic E-state index is 11.9. The Morgan fingerprint density at radius 1 is 1.47 bits per heavy atom. The van der Waals surface area contributed by atoms with Crippen LogP contribution in [0.15, 0.2) is 23.1 Å². The van der Waals surface area contributed by atoms with Crippen LogP contribution in [-0.4, -0.2) is 37.4 Å². The molecule has 0 saturated heterocycles. The van der Waals surface area contributed by atoms with Gasteiger partial charge in [-0.2, -0.15) is 4.31 Å². The van der Waals surface area contributed by atoms with Crippen LogP contribution in [0.25, 0.3) is 0 Å². The molecule has 0 aliphatic heterocycles. The Hall–Kier alpha value is -1.11. The number of rotatable bonds is 4. The molecule has 7 heteroatoms. The van der Waals surface area contributed by atoms with Gasteiger partial charge in [0, 0.05) is 12.1 Å². The monoisotopic (exact) mass is 277 g/mol. The molecule has 0 radical (unpaired) electrons. The van der Waals surface area contributed by atoms with Crippen LogP contribution >= 0.6 is 11.6 Å². The summed E-state index contributed by atoms with van der Waals surface area (Å²) in [6.45, 7) is 1.16. The quantitative estimate of drug-likeness (QED) is 0.901. The van der Waals surface area contributed by atoms with Gasteiger partial charge in [0.2, 0.25) is 10.0 Å². The summed E-state index contributed by atoms with van der Waals surface area (Å²) in [5.74, 6) is -1.21. The molecule has 1 rings (SSSR count). The SMILES string of the molecule is Cc1ccc(S(=O)(=O)N(C)CC(=O)O)cc1Cl. The highest BCUT2D eigenvalue weighted by Crippen LogP contribution is 2.21. The molecule has 0 aromatic heterocycles. The number of benzene rings is 1. The zero-order chi connectivity index (χ0) is 13.2. The van der Waals surface area contributed by atoms with Gasteiger partial charge in [0.1, 0.15) is 6.54 Å². The first-order chi connectivity index (χ1) is 7.75. The smallest absolute Gasteiger partial charge is 0.318 e. The van der Waals surface area contributed by atoms with Gasteiger partial charge in [-0.15, -0.1) is 0 Å². The van der Waals surface area contributed by atoms with E-state index in [0.717, 1.165) is 9.87 Å². The average Bonchev–Trinajstić information content (AvgIpc) is 2.20. The van der Waals surface area contributed by atoms with Crippen molar-refractivity contribution in [3.63, 3.8) is 0 Å². The number of nitrogens with zero attached hydrogens (tertiary/aromatic N) is 1. The van der Waals surface area contributed by atoms with Crippen molar-refractivity contribution in [1.82, 2.24) is 4.31 Å². The molecule has 1 aromatic rings. The maximum atomic E-state index is 11.9. The molecule has 5 nitrogen and oxygen atoms in total. The number of likely N-dealkylation sites (N-methyl/N-ethyl adjacent to an activating group) is 1. The molecular weight excluding hydrogens is 266 g/mol. The Labute approximate surface area is 105 Å². The molecule has 0 unspecified atom stereocenters. The van der Waals surface area contributed by atoms with Crippen molar-refractivity contribution >= 4 is 27.6 Å². The topological polar surface area (TPSA) is 74.7 Å². The molecule has 1 N–H and O–H groups in total. The van der Waals surface area contributed by atoms with E-state index in [1.807, 2.05) is 0 Å². The fourth-order valence-corrected chi connectivity index (χ4v) is 2.58. The molecule has 17 heavy (non-hydrogen) atoms. The van der Waals surface area contributed by atoms with Gasteiger partial charge < -0.3 is 5.11 Å². The summed E-state index contributed by atoms with van der Waals surface area (Å²) < 4.78 is 24.6. The molecular formula is C10H12ClNO4S. The lowest BCUT2D eigenvalue weighted by atomic mass is 10.2. The number of hydrogen-bond acceptors (Lipinski definition) is 3. The third kappa shape index (κ3) is 3.18. The summed E-state index contributed by atoms with van der Waals surface area (Å²) in [7, 11) is -2.60. The van der Waals surface area contributed by atoms with Crippen molar-refractivity contribution in [1.29, 1.82) is 0 Å². The predicted octanol–water partition coefficient (Wildman–Crippen LogP) is 1.35. The Bertz CT molecular complexity index is 541. The Balaban J connectivity index is 3.13. The van der Waals surface area contributed by atoms with Gasteiger partial charge in [-0.05, 0) is 24.6 Å². The summed E-state index contributed by atoms with van der Waals surface area (Å²) in [4.78, 5) is 10.5. The standard InChI is InChI=1S/C10H12ClNO4S/c1-7-3-4-8(5-9(7)11)17(15,16)12(2)6-10(13)14/h3-5H,6H2,1-2H3,(H,13,14). The van der Waals surface area contributed by atoms with E-state index in [4.69, 9.17) is 16.7 Å². The van der Waals surface area contributed by atoms with E-state index >= 15 is 0 Å². The molecule has 1 aromatic carbocycles. The minimum atomic E-state index is -3.81. The number of carboxylic acids is 1. The molecule has 0 aliphatic rings. The lowest BCUT2D eigenvalue weighted by molar-refractivity contribution is -0.137. The van der Waals surface area contributed by atoms with Gasteiger partial charge in [0.25, 0.3) is 0 Å². The number of halogens is 1. The second-order valence-corrected chi connectivity index (χ2v) is 6.02. The van der Waals surface area contributed by atoms with Crippen molar-refractivity contribution in [2.75, 3.05) is 13.6 Å². The molecule has 0 heterocycles. The molecule has 0 amide bonds. The molecule has 0 fully saturated rings. The van der Waals surface area contributed by atoms with Crippen LogP contribution in [-0.2, 0) is 14.8 Å². The first kappa shape index (κ1) is 14.0. The van der Waals surface area contributed by atoms with Crippen molar-refractivity contribution in [3.8, 4) is 0 Å². The Kier molecular flexibility index (Phi) is 4.13. The minimum Gasteiger partial charge on any atom is -0.480 e. The summed E-state index contributed by atoms with van der Waals surface area (Å²) in [5, 5.41) is 8.89. The predicted molar refractivity (Wildman–Crippen MR) is 63.6 cm³/mol. The van der Waals surface area contributed by atoms with Crippen molar-refractivity contribution in [2.24, 2.45) is 0 Å². The highest BCUT2D eigenvalue weighted by atomic mass is 35.5. The summed E-state index contributed by atoms with van der Waals surface area (Å²) in [5.41, 5.74) is 0.756. The zero-order valence-corrected chi connectivity index (χ0v) is 10.9. The van der Waals surface area contributed by atoms with Crippen LogP contribution in [0.4, 0.5) is 0 Å². The van der Waals surface area contributed by atoms with E-state index < -0.39 is 22.5 Å². The van der Waals surface area contributed by atoms with Crippen molar-refractivity contribution in [3.05, 3.63) is 28.8 Å². The van der Waals surface area contributed by atoms with Gasteiger partial charge >= 0.3 is 5.97 Å². The average molecular weight is 278 g/mol. The lowest BCUT2D eigenvalue weighted by Gasteiger charge is -2.15. The van der Waals surface area contributed by atoms with Crippen LogP contribution in [0.5, 0.6) is 0 Å². The van der Waals surface area contributed by atoms with Gasteiger partial charge in [-0.25, -0.2) is 8.42 Å². The van der Waals surface area contributed by atoms with E-state index in [0.29, 0.717) is 5.02 Å². The Morgan fingerprint density at radius 3 is 2.53 bits per heavy atom. The number of carboxylic acid groups (broad SMARTS) is 1. The van der Waals surface area contributed by atoms with Crippen molar-refractivity contribution < 1.29 is 18.3 Å². The summed E-state index contributed by atoms with van der Waals surface area (Å²) in [6.07, 6.45) is 0. The van der Waals surface area contributed by atoms with Crippen LogP contribution in [0, 0.1) is 6.92 Å². The van der Waals surface area contributed by atoms with Gasteiger partial charge in [-0.3, -0.25) is 4.79 Å². The first-order valence-electron chi connectivity index (χ1n) is 4.69. The van der Waals surface area contributed by atoms with E-state index in [2.05, 4.69) is 0 Å². The van der Waals surface area contributed by atoms with Crippen LogP contribution in [0.1, 0.15) is 5.56 Å². The summed E-state index contributed by atoms with van der Waals surface area (Å²) >= 11 is 5.83. The van der Waals surface area contributed by atoms with Gasteiger partial charge in [0.15, 0.2) is 0 Å². The fourth-order valence-electron chi connectivity index (χ4n) is 1.19. The van der Waals surface area contributed by atoms with E-state index in [1.165, 1.54) is 19.2 Å². The normalized spacial score (nSPS) is 11.8. The van der Waals surface area contributed by atoms with Crippen molar-refractivity contribution in [2.45, 2.75) is 11.8 Å².